The van der Waals surface area contributed by atoms with Gasteiger partial charge in [-0.25, -0.2) is 9.97 Å². The molecular formula is C9H9N5. The average Bonchev–Trinajstić information content (AvgIpc) is 2.19. The molecule has 0 aliphatic carbocycles. The molecule has 0 fully saturated rings. The summed E-state index contributed by atoms with van der Waals surface area (Å²) in [5.74, 6) is 1.33. The van der Waals surface area contributed by atoms with Crippen molar-refractivity contribution in [3.8, 4) is 0 Å². The topological polar surface area (TPSA) is 63.6 Å². The Labute approximate surface area is 81.3 Å². The minimum Gasteiger partial charge on any atom is -0.322 e. The average molecular weight is 187 g/mol. The van der Waals surface area contributed by atoms with Crippen LogP contribution >= 0.6 is 0 Å². The molecule has 0 aliphatic rings. The monoisotopic (exact) mass is 187 g/mol. The maximum absolute atomic E-state index is 4.23. The van der Waals surface area contributed by atoms with Gasteiger partial charge in [0.1, 0.15) is 11.6 Å². The molecule has 2 aromatic rings. The highest BCUT2D eigenvalue weighted by atomic mass is 15.1. The Bertz CT molecular complexity index is 415. The van der Waals surface area contributed by atoms with Gasteiger partial charge in [-0.1, -0.05) is 0 Å². The van der Waals surface area contributed by atoms with E-state index in [1.165, 1.54) is 0 Å². The van der Waals surface area contributed by atoms with E-state index in [0.29, 0.717) is 11.6 Å². The van der Waals surface area contributed by atoms with Crippen molar-refractivity contribution < 1.29 is 0 Å². The van der Waals surface area contributed by atoms with Gasteiger partial charge < -0.3 is 5.32 Å². The number of aryl methyl sites for hydroxylation is 1. The third kappa shape index (κ3) is 2.01. The van der Waals surface area contributed by atoms with Crippen LogP contribution in [-0.2, 0) is 0 Å². The van der Waals surface area contributed by atoms with Gasteiger partial charge in [0.25, 0.3) is 0 Å². The van der Waals surface area contributed by atoms with Gasteiger partial charge in [0.05, 0.1) is 18.1 Å². The molecule has 0 aliphatic heterocycles. The van der Waals surface area contributed by atoms with Crippen LogP contribution in [0.4, 0.5) is 11.6 Å². The number of nitrogens with zero attached hydrogens (tertiary/aromatic N) is 4. The van der Waals surface area contributed by atoms with Crippen molar-refractivity contribution in [2.75, 3.05) is 5.32 Å². The molecule has 1 N–H and O–H groups in total. The quantitative estimate of drug-likeness (QED) is 0.768. The lowest BCUT2D eigenvalue weighted by Crippen LogP contribution is -1.97. The van der Waals surface area contributed by atoms with E-state index in [4.69, 9.17) is 0 Å². The fourth-order valence-electron chi connectivity index (χ4n) is 1.02. The summed E-state index contributed by atoms with van der Waals surface area (Å²) in [4.78, 5) is 16.2. The zero-order valence-corrected chi connectivity index (χ0v) is 7.68. The largest absolute Gasteiger partial charge is 0.322 e. The molecule has 0 radical (unpaired) electrons. The molecule has 0 aromatic carbocycles. The van der Waals surface area contributed by atoms with E-state index in [-0.39, 0.29) is 0 Å². The summed E-state index contributed by atoms with van der Waals surface area (Å²) in [6.07, 6.45) is 8.20. The zero-order chi connectivity index (χ0) is 9.80. The van der Waals surface area contributed by atoms with Crippen molar-refractivity contribution in [2.24, 2.45) is 0 Å². The number of rotatable bonds is 2. The first-order valence-corrected chi connectivity index (χ1v) is 4.16. The summed E-state index contributed by atoms with van der Waals surface area (Å²) in [6, 6.07) is 0. The van der Waals surface area contributed by atoms with Gasteiger partial charge in [-0.2, -0.15) is 0 Å². The first-order chi connectivity index (χ1) is 6.84. The van der Waals surface area contributed by atoms with Crippen LogP contribution in [0.1, 0.15) is 5.69 Å². The number of hydrogen-bond donors (Lipinski definition) is 1. The van der Waals surface area contributed by atoms with Crippen molar-refractivity contribution in [2.45, 2.75) is 6.92 Å². The molecule has 0 unspecified atom stereocenters. The molecule has 14 heavy (non-hydrogen) atoms. The summed E-state index contributed by atoms with van der Waals surface area (Å²) in [6.45, 7) is 1.88. The number of hydrogen-bond acceptors (Lipinski definition) is 5. The Hall–Kier alpha value is -2.04. The molecule has 70 valence electrons. The van der Waals surface area contributed by atoms with Gasteiger partial charge in [-0.15, -0.1) is 0 Å². The summed E-state index contributed by atoms with van der Waals surface area (Å²) in [7, 11) is 0. The van der Waals surface area contributed by atoms with Crippen molar-refractivity contribution in [3.05, 3.63) is 36.7 Å². The third-order valence-electron chi connectivity index (χ3n) is 1.57. The van der Waals surface area contributed by atoms with E-state index in [1.807, 2.05) is 6.92 Å². The lowest BCUT2D eigenvalue weighted by molar-refractivity contribution is 1.10. The first-order valence-electron chi connectivity index (χ1n) is 4.16. The van der Waals surface area contributed by atoms with Crippen LogP contribution in [-0.4, -0.2) is 19.9 Å². The fraction of sp³-hybridized carbons (Fsp3) is 0.111. The van der Waals surface area contributed by atoms with Crippen LogP contribution in [0, 0.1) is 6.92 Å². The number of aromatic nitrogens is 4. The summed E-state index contributed by atoms with van der Waals surface area (Å²) < 4.78 is 0. The fourth-order valence-corrected chi connectivity index (χ4v) is 1.02. The second-order valence-electron chi connectivity index (χ2n) is 2.76. The molecule has 0 atom stereocenters. The van der Waals surface area contributed by atoms with Crippen molar-refractivity contribution in [1.29, 1.82) is 0 Å². The number of nitrogens with one attached hydrogen (secondary N) is 1. The molecule has 0 bridgehead atoms. The lowest BCUT2D eigenvalue weighted by Gasteiger charge is -2.02. The second kappa shape index (κ2) is 3.78. The van der Waals surface area contributed by atoms with Crippen LogP contribution in [0.3, 0.4) is 0 Å². The Kier molecular flexibility index (Phi) is 2.31. The predicted octanol–water partition coefficient (Wildman–Crippen LogP) is 1.32. The lowest BCUT2D eigenvalue weighted by atomic mass is 10.5. The Morgan fingerprint density at radius 1 is 1.00 bits per heavy atom. The van der Waals surface area contributed by atoms with E-state index in [0.717, 1.165) is 5.69 Å². The van der Waals surface area contributed by atoms with Crippen molar-refractivity contribution in [1.82, 2.24) is 19.9 Å². The molecule has 5 heteroatoms. The summed E-state index contributed by atoms with van der Waals surface area (Å²) in [5.41, 5.74) is 0.860. The summed E-state index contributed by atoms with van der Waals surface area (Å²) >= 11 is 0. The molecule has 0 amide bonds. The Balaban J connectivity index is 2.19. The van der Waals surface area contributed by atoms with Gasteiger partial charge in [0.15, 0.2) is 0 Å². The van der Waals surface area contributed by atoms with Crippen LogP contribution in [0.25, 0.3) is 0 Å². The second-order valence-corrected chi connectivity index (χ2v) is 2.76. The maximum atomic E-state index is 4.23. The molecule has 5 nitrogen and oxygen atoms in total. The van der Waals surface area contributed by atoms with E-state index >= 15 is 0 Å². The van der Waals surface area contributed by atoms with Crippen molar-refractivity contribution >= 4 is 11.6 Å². The van der Waals surface area contributed by atoms with E-state index < -0.39 is 0 Å². The van der Waals surface area contributed by atoms with Gasteiger partial charge in [-0.05, 0) is 6.92 Å². The molecule has 0 saturated heterocycles. The van der Waals surface area contributed by atoms with Crippen LogP contribution in [0.5, 0.6) is 0 Å². The molecule has 2 heterocycles. The Morgan fingerprint density at radius 2 is 1.86 bits per heavy atom. The van der Waals surface area contributed by atoms with Gasteiger partial charge in [-0.3, -0.25) is 9.97 Å². The van der Waals surface area contributed by atoms with Crippen LogP contribution in [0.2, 0.25) is 0 Å². The molecule has 2 aromatic heterocycles. The van der Waals surface area contributed by atoms with Crippen LogP contribution < -0.4 is 5.32 Å². The normalized spacial score (nSPS) is 9.79. The maximum Gasteiger partial charge on any atom is 0.150 e. The highest BCUT2D eigenvalue weighted by molar-refractivity contribution is 5.48. The molecule has 0 spiro atoms. The van der Waals surface area contributed by atoms with Gasteiger partial charge in [0, 0.05) is 18.6 Å². The minimum absolute atomic E-state index is 0.660. The highest BCUT2D eigenvalue weighted by Crippen LogP contribution is 2.08. The van der Waals surface area contributed by atoms with E-state index in [1.54, 1.807) is 31.0 Å². The van der Waals surface area contributed by atoms with Crippen molar-refractivity contribution in [3.63, 3.8) is 0 Å². The third-order valence-corrected chi connectivity index (χ3v) is 1.57. The smallest absolute Gasteiger partial charge is 0.150 e. The standard InChI is InChI=1S/C9H9N5/c1-7-4-11-6-9(13-7)14-8-5-10-2-3-12-8/h2-6H,1H3,(H,12,13,14). The van der Waals surface area contributed by atoms with E-state index in [9.17, 15) is 0 Å². The molecular weight excluding hydrogens is 178 g/mol. The number of anilines is 2. The predicted molar refractivity (Wildman–Crippen MR) is 52.1 cm³/mol. The van der Waals surface area contributed by atoms with Crippen LogP contribution in [0.15, 0.2) is 31.0 Å². The minimum atomic E-state index is 0.660. The molecule has 0 saturated carbocycles. The van der Waals surface area contributed by atoms with E-state index in [2.05, 4.69) is 25.3 Å². The Morgan fingerprint density at radius 3 is 2.57 bits per heavy atom. The molecule has 2 rings (SSSR count). The highest BCUT2D eigenvalue weighted by Gasteiger charge is 1.96. The zero-order valence-electron chi connectivity index (χ0n) is 7.68. The SMILES string of the molecule is Cc1cncc(Nc2cnccn2)n1. The van der Waals surface area contributed by atoms with Gasteiger partial charge >= 0.3 is 0 Å². The van der Waals surface area contributed by atoms with Gasteiger partial charge in [0.2, 0.25) is 0 Å². The summed E-state index contributed by atoms with van der Waals surface area (Å²) in [5, 5.41) is 3.00. The first kappa shape index (κ1) is 8.55.